The van der Waals surface area contributed by atoms with E-state index in [9.17, 15) is 0 Å². The molecule has 0 atom stereocenters. The zero-order valence-corrected chi connectivity index (χ0v) is 11.5. The van der Waals surface area contributed by atoms with E-state index in [1.165, 1.54) is 11.9 Å². The van der Waals surface area contributed by atoms with Gasteiger partial charge in [-0.1, -0.05) is 0 Å². The molecule has 1 aliphatic heterocycles. The maximum absolute atomic E-state index is 9.00. The minimum absolute atomic E-state index is 0.231. The Morgan fingerprint density at radius 1 is 1.14 bits per heavy atom. The van der Waals surface area contributed by atoms with E-state index >= 15 is 0 Å². The molecule has 1 aromatic heterocycles. The van der Waals surface area contributed by atoms with Crippen molar-refractivity contribution in [2.45, 2.75) is 0 Å². The topological polar surface area (TPSA) is 74.1 Å². The van der Waals surface area contributed by atoms with Gasteiger partial charge in [-0.15, -0.1) is 5.10 Å². The zero-order chi connectivity index (χ0) is 14.5. The highest BCUT2D eigenvalue weighted by Crippen LogP contribution is 2.24. The van der Waals surface area contributed by atoms with E-state index < -0.39 is 0 Å². The highest BCUT2D eigenvalue weighted by Gasteiger charge is 2.11. The second-order valence-electron chi connectivity index (χ2n) is 4.69. The molecule has 2 heterocycles. The summed E-state index contributed by atoms with van der Waals surface area (Å²) >= 11 is 0. The highest BCUT2D eigenvalue weighted by molar-refractivity contribution is 5.50. The quantitative estimate of drug-likeness (QED) is 0.920. The monoisotopic (exact) mass is 281 g/mol. The average Bonchev–Trinajstić information content (AvgIpc) is 2.57. The summed E-state index contributed by atoms with van der Waals surface area (Å²) < 4.78 is 5.62. The van der Waals surface area contributed by atoms with E-state index in [2.05, 4.69) is 20.4 Å². The number of piperazine rings is 1. The molecule has 6 heteroatoms. The van der Waals surface area contributed by atoms with Crippen molar-refractivity contribution < 1.29 is 4.74 Å². The molecule has 1 aliphatic rings. The first-order chi connectivity index (χ1) is 10.4. The van der Waals surface area contributed by atoms with Crippen molar-refractivity contribution >= 4 is 5.69 Å². The van der Waals surface area contributed by atoms with Crippen LogP contribution in [0, 0.1) is 11.3 Å². The summed E-state index contributed by atoms with van der Waals surface area (Å²) in [5.74, 6) is 0.876. The number of anilines is 1. The summed E-state index contributed by atoms with van der Waals surface area (Å²) in [7, 11) is 0. The minimum Gasteiger partial charge on any atom is -0.437 e. The number of hydrogen-bond acceptors (Lipinski definition) is 6. The lowest BCUT2D eigenvalue weighted by molar-refractivity contribution is 0.453. The number of nitriles is 1. The van der Waals surface area contributed by atoms with Crippen LogP contribution in [0.25, 0.3) is 0 Å². The smallest absolute Gasteiger partial charge is 0.256 e. The Labute approximate surface area is 123 Å². The first-order valence-electron chi connectivity index (χ1n) is 6.82. The molecule has 0 bridgehead atoms. The van der Waals surface area contributed by atoms with Crippen molar-refractivity contribution in [3.05, 3.63) is 42.1 Å². The minimum atomic E-state index is 0.231. The van der Waals surface area contributed by atoms with Gasteiger partial charge in [-0.3, -0.25) is 0 Å². The average molecular weight is 281 g/mol. The van der Waals surface area contributed by atoms with E-state index in [4.69, 9.17) is 10.00 Å². The van der Waals surface area contributed by atoms with Gasteiger partial charge in [0.05, 0.1) is 6.20 Å². The molecule has 106 valence electrons. The van der Waals surface area contributed by atoms with E-state index in [-0.39, 0.29) is 5.88 Å². The molecule has 0 radical (unpaired) electrons. The summed E-state index contributed by atoms with van der Waals surface area (Å²) in [4.78, 5) is 2.32. The molecule has 0 amide bonds. The van der Waals surface area contributed by atoms with E-state index in [1.54, 1.807) is 6.07 Å². The van der Waals surface area contributed by atoms with Gasteiger partial charge in [-0.05, 0) is 30.3 Å². The Balaban J connectivity index is 1.74. The lowest BCUT2D eigenvalue weighted by atomic mass is 10.2. The normalized spacial score (nSPS) is 14.5. The maximum Gasteiger partial charge on any atom is 0.256 e. The molecule has 0 spiro atoms. The fraction of sp³-hybridized carbons (Fsp3) is 0.267. The van der Waals surface area contributed by atoms with Crippen molar-refractivity contribution in [1.82, 2.24) is 15.5 Å². The van der Waals surface area contributed by atoms with E-state index in [0.29, 0.717) is 11.3 Å². The molecule has 1 fully saturated rings. The molecular weight excluding hydrogens is 266 g/mol. The van der Waals surface area contributed by atoms with Crippen molar-refractivity contribution in [2.24, 2.45) is 0 Å². The molecule has 21 heavy (non-hydrogen) atoms. The van der Waals surface area contributed by atoms with Gasteiger partial charge in [0.25, 0.3) is 5.88 Å². The lowest BCUT2D eigenvalue weighted by Crippen LogP contribution is -2.43. The van der Waals surface area contributed by atoms with Gasteiger partial charge in [0, 0.05) is 31.9 Å². The molecule has 6 nitrogen and oxygen atoms in total. The van der Waals surface area contributed by atoms with Gasteiger partial charge in [-0.25, -0.2) is 0 Å². The fourth-order valence-corrected chi connectivity index (χ4v) is 2.24. The summed E-state index contributed by atoms with van der Waals surface area (Å²) in [6, 6.07) is 11.4. The van der Waals surface area contributed by atoms with E-state index in [0.717, 1.165) is 26.2 Å². The zero-order valence-electron chi connectivity index (χ0n) is 11.5. The largest absolute Gasteiger partial charge is 0.437 e. The molecule has 0 aliphatic carbocycles. The second kappa shape index (κ2) is 6.20. The number of aromatic nitrogens is 2. The van der Waals surface area contributed by atoms with Gasteiger partial charge < -0.3 is 15.0 Å². The van der Waals surface area contributed by atoms with Crippen molar-refractivity contribution in [3.8, 4) is 17.7 Å². The molecule has 1 N–H and O–H groups in total. The van der Waals surface area contributed by atoms with Crippen LogP contribution in [-0.4, -0.2) is 36.4 Å². The number of nitrogens with one attached hydrogen (secondary N) is 1. The lowest BCUT2D eigenvalue weighted by Gasteiger charge is -2.29. The first-order valence-corrected chi connectivity index (χ1v) is 6.82. The highest BCUT2D eigenvalue weighted by atomic mass is 16.5. The van der Waals surface area contributed by atoms with Gasteiger partial charge in [0.15, 0.2) is 0 Å². The van der Waals surface area contributed by atoms with Crippen LogP contribution in [0.3, 0.4) is 0 Å². The van der Waals surface area contributed by atoms with Crippen LogP contribution < -0.4 is 15.0 Å². The standard InChI is InChI=1S/C15H15N5O/c16-11-12-5-6-18-19-15(12)21-14-3-1-13(2-4-14)20-9-7-17-8-10-20/h1-6,17H,7-10H2. The maximum atomic E-state index is 9.00. The van der Waals surface area contributed by atoms with Gasteiger partial charge in [0.2, 0.25) is 0 Å². The van der Waals surface area contributed by atoms with Crippen LogP contribution in [-0.2, 0) is 0 Å². The predicted octanol–water partition coefficient (Wildman–Crippen LogP) is 1.55. The summed E-state index contributed by atoms with van der Waals surface area (Å²) in [5, 5.41) is 19.9. The number of nitrogens with zero attached hydrogens (tertiary/aromatic N) is 4. The molecule has 2 aromatic rings. The molecule has 1 saturated heterocycles. The molecule has 3 rings (SSSR count). The van der Waals surface area contributed by atoms with Crippen LogP contribution in [0.1, 0.15) is 5.56 Å². The number of ether oxygens (including phenoxy) is 1. The third-order valence-corrected chi connectivity index (χ3v) is 3.34. The van der Waals surface area contributed by atoms with Crippen LogP contribution >= 0.6 is 0 Å². The Bertz CT molecular complexity index is 644. The SMILES string of the molecule is N#Cc1ccnnc1Oc1ccc(N2CCNCC2)cc1. The van der Waals surface area contributed by atoms with Crippen LogP contribution in [0.4, 0.5) is 5.69 Å². The Morgan fingerprint density at radius 3 is 2.62 bits per heavy atom. The van der Waals surface area contributed by atoms with E-state index in [1.807, 2.05) is 30.3 Å². The molecular formula is C15H15N5O. The van der Waals surface area contributed by atoms with Crippen molar-refractivity contribution in [2.75, 3.05) is 31.1 Å². The van der Waals surface area contributed by atoms with Crippen LogP contribution in [0.15, 0.2) is 36.5 Å². The first kappa shape index (κ1) is 13.3. The fourth-order valence-electron chi connectivity index (χ4n) is 2.24. The predicted molar refractivity (Wildman–Crippen MR) is 78.3 cm³/mol. The molecule has 1 aromatic carbocycles. The third-order valence-electron chi connectivity index (χ3n) is 3.34. The number of benzene rings is 1. The Morgan fingerprint density at radius 2 is 1.90 bits per heavy atom. The number of hydrogen-bond donors (Lipinski definition) is 1. The van der Waals surface area contributed by atoms with Gasteiger partial charge in [0.1, 0.15) is 17.4 Å². The Kier molecular flexibility index (Phi) is 3.94. The summed E-state index contributed by atoms with van der Waals surface area (Å²) in [6.45, 7) is 4.01. The van der Waals surface area contributed by atoms with Gasteiger partial charge >= 0.3 is 0 Å². The van der Waals surface area contributed by atoms with Crippen LogP contribution in [0.2, 0.25) is 0 Å². The van der Waals surface area contributed by atoms with Crippen LogP contribution in [0.5, 0.6) is 11.6 Å². The summed E-state index contributed by atoms with van der Waals surface area (Å²) in [5.41, 5.74) is 1.54. The van der Waals surface area contributed by atoms with Gasteiger partial charge in [-0.2, -0.15) is 10.4 Å². The Hall–Kier alpha value is -2.65. The summed E-state index contributed by atoms with van der Waals surface area (Å²) in [6.07, 6.45) is 1.47. The second-order valence-corrected chi connectivity index (χ2v) is 4.69. The number of rotatable bonds is 3. The van der Waals surface area contributed by atoms with Crippen molar-refractivity contribution in [1.29, 1.82) is 5.26 Å². The third kappa shape index (κ3) is 3.09. The molecule has 0 saturated carbocycles. The van der Waals surface area contributed by atoms with Crippen molar-refractivity contribution in [3.63, 3.8) is 0 Å². The molecule has 0 unspecified atom stereocenters.